The molecular weight excluding hydrogens is 404 g/mol. The molecule has 160 valence electrons. The third-order valence-electron chi connectivity index (χ3n) is 4.46. The van der Waals surface area contributed by atoms with Crippen LogP contribution in [0.5, 0.6) is 5.75 Å². The van der Waals surface area contributed by atoms with E-state index >= 15 is 0 Å². The summed E-state index contributed by atoms with van der Waals surface area (Å²) in [5.41, 5.74) is 1.92. The largest absolute Gasteiger partial charge is 0.482 e. The summed E-state index contributed by atoms with van der Waals surface area (Å²) < 4.78 is 11.6. The first kappa shape index (κ1) is 21.5. The number of nitro benzene ring substituents is 1. The monoisotopic (exact) mass is 424 g/mol. The fraction of sp³-hybridized carbons (Fsp3) is 0.190. The lowest BCUT2D eigenvalue weighted by Crippen LogP contribution is -2.16. The van der Waals surface area contributed by atoms with Gasteiger partial charge in [0.2, 0.25) is 0 Å². The van der Waals surface area contributed by atoms with Crippen LogP contribution in [0.25, 0.3) is 0 Å². The number of nitro groups is 1. The highest BCUT2D eigenvalue weighted by Gasteiger charge is 2.20. The Morgan fingerprint density at radius 2 is 2.00 bits per heavy atom. The second-order valence-electron chi connectivity index (χ2n) is 6.69. The van der Waals surface area contributed by atoms with Crippen molar-refractivity contribution in [1.29, 1.82) is 0 Å². The normalized spacial score (nSPS) is 10.4. The molecule has 10 heteroatoms. The Morgan fingerprint density at radius 1 is 1.23 bits per heavy atom. The van der Waals surface area contributed by atoms with Gasteiger partial charge >= 0.3 is 11.7 Å². The number of benzene rings is 2. The lowest BCUT2D eigenvalue weighted by atomic mass is 10.1. The lowest BCUT2D eigenvalue weighted by molar-refractivity contribution is -0.386. The summed E-state index contributed by atoms with van der Waals surface area (Å²) in [6.07, 6.45) is 1.35. The maximum atomic E-state index is 12.7. The predicted octanol–water partition coefficient (Wildman–Crippen LogP) is 3.25. The molecule has 0 saturated heterocycles. The first-order valence-electron chi connectivity index (χ1n) is 9.18. The predicted molar refractivity (Wildman–Crippen MR) is 111 cm³/mol. The van der Waals surface area contributed by atoms with Crippen LogP contribution in [0.1, 0.15) is 32.0 Å². The van der Waals surface area contributed by atoms with Gasteiger partial charge in [-0.2, -0.15) is 5.10 Å². The highest BCUT2D eigenvalue weighted by atomic mass is 16.6. The molecule has 0 atom stereocenters. The second-order valence-corrected chi connectivity index (χ2v) is 6.69. The van der Waals surface area contributed by atoms with Gasteiger partial charge in [0.25, 0.3) is 5.91 Å². The SMILES string of the molecule is COC(=O)c1c(NC(=O)c2cccc(COc3ccc(C)cc3[N+](=O)[O-])c2)cnn1C. The molecule has 0 unspecified atom stereocenters. The van der Waals surface area contributed by atoms with Gasteiger partial charge in [-0.15, -0.1) is 0 Å². The number of carbonyl (C=O) groups is 2. The molecule has 1 aromatic heterocycles. The average molecular weight is 424 g/mol. The summed E-state index contributed by atoms with van der Waals surface area (Å²) in [7, 11) is 2.80. The van der Waals surface area contributed by atoms with Gasteiger partial charge in [-0.25, -0.2) is 4.79 Å². The molecule has 0 aliphatic carbocycles. The Labute approximate surface area is 177 Å². The highest BCUT2D eigenvalue weighted by molar-refractivity contribution is 6.07. The molecule has 0 radical (unpaired) electrons. The highest BCUT2D eigenvalue weighted by Crippen LogP contribution is 2.28. The van der Waals surface area contributed by atoms with Crippen LogP contribution in [0.4, 0.5) is 11.4 Å². The molecule has 2 aromatic carbocycles. The topological polar surface area (TPSA) is 126 Å². The second kappa shape index (κ2) is 9.08. The number of amides is 1. The van der Waals surface area contributed by atoms with Crippen LogP contribution in [0.2, 0.25) is 0 Å². The smallest absolute Gasteiger partial charge is 0.358 e. The van der Waals surface area contributed by atoms with Crippen LogP contribution in [-0.2, 0) is 18.4 Å². The number of nitrogens with one attached hydrogen (secondary N) is 1. The molecule has 0 bridgehead atoms. The molecule has 0 fully saturated rings. The molecule has 31 heavy (non-hydrogen) atoms. The van der Waals surface area contributed by atoms with Crippen molar-refractivity contribution in [3.05, 3.63) is 81.2 Å². The van der Waals surface area contributed by atoms with Crippen molar-refractivity contribution < 1.29 is 24.0 Å². The van der Waals surface area contributed by atoms with Gasteiger partial charge in [-0.05, 0) is 36.2 Å². The first-order valence-corrected chi connectivity index (χ1v) is 9.18. The number of aryl methyl sites for hydroxylation is 2. The quantitative estimate of drug-likeness (QED) is 0.350. The van der Waals surface area contributed by atoms with Gasteiger partial charge < -0.3 is 14.8 Å². The third-order valence-corrected chi connectivity index (χ3v) is 4.46. The minimum Gasteiger partial charge on any atom is -0.482 e. The standard InChI is InChI=1S/C21H20N4O6/c1-13-7-8-18(17(9-13)25(28)29)31-12-14-5-4-6-15(10-14)20(26)23-16-11-22-24(2)19(16)21(27)30-3/h4-11H,12H2,1-3H3,(H,23,26). The van der Waals surface area contributed by atoms with Crippen molar-refractivity contribution >= 4 is 23.3 Å². The Balaban J connectivity index is 1.75. The van der Waals surface area contributed by atoms with E-state index in [2.05, 4.69) is 10.4 Å². The van der Waals surface area contributed by atoms with Gasteiger partial charge in [-0.1, -0.05) is 18.2 Å². The zero-order chi connectivity index (χ0) is 22.5. The van der Waals surface area contributed by atoms with Crippen LogP contribution in [-0.4, -0.2) is 33.7 Å². The molecule has 1 amide bonds. The van der Waals surface area contributed by atoms with E-state index in [9.17, 15) is 19.7 Å². The minimum absolute atomic E-state index is 0.0331. The number of methoxy groups -OCH3 is 1. The van der Waals surface area contributed by atoms with E-state index in [0.717, 1.165) is 5.56 Å². The molecule has 10 nitrogen and oxygen atoms in total. The Morgan fingerprint density at radius 3 is 2.71 bits per heavy atom. The molecule has 3 rings (SSSR count). The van der Waals surface area contributed by atoms with Crippen molar-refractivity contribution in [2.24, 2.45) is 7.05 Å². The number of ether oxygens (including phenoxy) is 2. The molecule has 1 heterocycles. The summed E-state index contributed by atoms with van der Waals surface area (Å²) in [6.45, 7) is 1.79. The molecule has 1 N–H and O–H groups in total. The molecular formula is C21H20N4O6. The number of anilines is 1. The zero-order valence-corrected chi connectivity index (χ0v) is 17.1. The van der Waals surface area contributed by atoms with Crippen LogP contribution >= 0.6 is 0 Å². The van der Waals surface area contributed by atoms with Gasteiger partial charge in [0.05, 0.1) is 23.9 Å². The molecule has 0 spiro atoms. The van der Waals surface area contributed by atoms with E-state index in [1.165, 1.54) is 24.1 Å². The van der Waals surface area contributed by atoms with Crippen molar-refractivity contribution in [1.82, 2.24) is 9.78 Å². The number of hydrogen-bond acceptors (Lipinski definition) is 7. The summed E-state index contributed by atoms with van der Waals surface area (Å²) in [4.78, 5) is 35.3. The fourth-order valence-electron chi connectivity index (χ4n) is 2.92. The molecule has 0 aliphatic heterocycles. The van der Waals surface area contributed by atoms with Crippen LogP contribution in [0.3, 0.4) is 0 Å². The molecule has 0 aliphatic rings. The van der Waals surface area contributed by atoms with E-state index in [4.69, 9.17) is 9.47 Å². The van der Waals surface area contributed by atoms with Crippen molar-refractivity contribution in [3.8, 4) is 5.75 Å². The van der Waals surface area contributed by atoms with E-state index in [1.54, 1.807) is 50.4 Å². The van der Waals surface area contributed by atoms with Crippen molar-refractivity contribution in [2.75, 3.05) is 12.4 Å². The maximum Gasteiger partial charge on any atom is 0.358 e. The fourth-order valence-corrected chi connectivity index (χ4v) is 2.92. The Hall–Kier alpha value is -4.21. The lowest BCUT2D eigenvalue weighted by Gasteiger charge is -2.10. The van der Waals surface area contributed by atoms with E-state index in [0.29, 0.717) is 11.1 Å². The summed E-state index contributed by atoms with van der Waals surface area (Å²) in [5.74, 6) is -0.943. The van der Waals surface area contributed by atoms with Crippen molar-refractivity contribution in [3.63, 3.8) is 0 Å². The number of nitrogens with zero attached hydrogens (tertiary/aromatic N) is 3. The van der Waals surface area contributed by atoms with E-state index < -0.39 is 16.8 Å². The van der Waals surface area contributed by atoms with Gasteiger partial charge in [0.1, 0.15) is 6.61 Å². The number of rotatable bonds is 7. The molecule has 3 aromatic rings. The molecule has 0 saturated carbocycles. The number of carbonyl (C=O) groups excluding carboxylic acids is 2. The summed E-state index contributed by atoms with van der Waals surface area (Å²) in [5, 5.41) is 17.8. The maximum absolute atomic E-state index is 12.7. The van der Waals surface area contributed by atoms with E-state index in [-0.39, 0.29) is 29.4 Å². The summed E-state index contributed by atoms with van der Waals surface area (Å²) in [6, 6.07) is 11.3. The first-order chi connectivity index (χ1) is 14.8. The van der Waals surface area contributed by atoms with Crippen molar-refractivity contribution in [2.45, 2.75) is 13.5 Å². The van der Waals surface area contributed by atoms with Crippen LogP contribution < -0.4 is 10.1 Å². The van der Waals surface area contributed by atoms with E-state index in [1.807, 2.05) is 0 Å². The van der Waals surface area contributed by atoms with Crippen LogP contribution in [0, 0.1) is 17.0 Å². The number of aromatic nitrogens is 2. The Bertz CT molecular complexity index is 1150. The number of esters is 1. The average Bonchev–Trinajstić information content (AvgIpc) is 3.12. The van der Waals surface area contributed by atoms with Gasteiger partial charge in [0, 0.05) is 18.7 Å². The van der Waals surface area contributed by atoms with Gasteiger partial charge in [0.15, 0.2) is 11.4 Å². The third kappa shape index (κ3) is 4.86. The van der Waals surface area contributed by atoms with Crippen LogP contribution in [0.15, 0.2) is 48.7 Å². The Kier molecular flexibility index (Phi) is 6.29. The van der Waals surface area contributed by atoms with Gasteiger partial charge in [-0.3, -0.25) is 19.6 Å². The summed E-state index contributed by atoms with van der Waals surface area (Å²) >= 11 is 0. The minimum atomic E-state index is -0.628. The zero-order valence-electron chi connectivity index (χ0n) is 17.1. The number of hydrogen-bond donors (Lipinski definition) is 1.